The maximum absolute atomic E-state index is 12.4. The SMILES string of the molecule is COc1ccc(CC(=O)NC[C@H](c2cccs2)N2CCCCC2)cc1. The number of hydrogen-bond donors (Lipinski definition) is 1. The average Bonchev–Trinajstić information content (AvgIpc) is 3.18. The van der Waals surface area contributed by atoms with Crippen molar-refractivity contribution in [2.24, 2.45) is 0 Å². The number of hydrogen-bond acceptors (Lipinski definition) is 4. The van der Waals surface area contributed by atoms with Crippen LogP contribution in [0.5, 0.6) is 5.75 Å². The van der Waals surface area contributed by atoms with E-state index in [1.54, 1.807) is 18.4 Å². The van der Waals surface area contributed by atoms with Gasteiger partial charge in [0.2, 0.25) is 5.91 Å². The number of likely N-dealkylation sites (tertiary alicyclic amines) is 1. The van der Waals surface area contributed by atoms with E-state index in [1.807, 2.05) is 24.3 Å². The van der Waals surface area contributed by atoms with Gasteiger partial charge >= 0.3 is 0 Å². The van der Waals surface area contributed by atoms with Gasteiger partial charge in [0.15, 0.2) is 0 Å². The van der Waals surface area contributed by atoms with Crippen molar-refractivity contribution in [3.63, 3.8) is 0 Å². The van der Waals surface area contributed by atoms with Crippen molar-refractivity contribution < 1.29 is 9.53 Å². The summed E-state index contributed by atoms with van der Waals surface area (Å²) >= 11 is 1.78. The Morgan fingerprint density at radius 1 is 1.20 bits per heavy atom. The first-order valence-corrected chi connectivity index (χ1v) is 9.81. The lowest BCUT2D eigenvalue weighted by molar-refractivity contribution is -0.120. The first kappa shape index (κ1) is 18.0. The Kier molecular flexibility index (Phi) is 6.48. The van der Waals surface area contributed by atoms with Gasteiger partial charge in [-0.3, -0.25) is 9.69 Å². The number of nitrogens with zero attached hydrogens (tertiary/aromatic N) is 1. The number of benzene rings is 1. The quantitative estimate of drug-likeness (QED) is 0.821. The highest BCUT2D eigenvalue weighted by atomic mass is 32.1. The summed E-state index contributed by atoms with van der Waals surface area (Å²) in [5.74, 6) is 0.885. The van der Waals surface area contributed by atoms with Gasteiger partial charge in [-0.15, -0.1) is 11.3 Å². The molecule has 134 valence electrons. The number of ether oxygens (including phenoxy) is 1. The summed E-state index contributed by atoms with van der Waals surface area (Å²) in [5.41, 5.74) is 1.00. The van der Waals surface area contributed by atoms with Crippen molar-refractivity contribution >= 4 is 17.2 Å². The van der Waals surface area contributed by atoms with Crippen LogP contribution < -0.4 is 10.1 Å². The zero-order valence-corrected chi connectivity index (χ0v) is 15.6. The van der Waals surface area contributed by atoms with E-state index in [2.05, 4.69) is 27.7 Å². The number of nitrogens with one attached hydrogen (secondary N) is 1. The summed E-state index contributed by atoms with van der Waals surface area (Å²) in [6.07, 6.45) is 4.22. The van der Waals surface area contributed by atoms with Gasteiger partial charge in [0, 0.05) is 11.4 Å². The smallest absolute Gasteiger partial charge is 0.224 e. The summed E-state index contributed by atoms with van der Waals surface area (Å²) in [4.78, 5) is 16.2. The van der Waals surface area contributed by atoms with Crippen LogP contribution in [0.2, 0.25) is 0 Å². The molecule has 0 bridgehead atoms. The fourth-order valence-electron chi connectivity index (χ4n) is 3.32. The molecule has 2 aromatic rings. The molecule has 1 aliphatic heterocycles. The average molecular weight is 359 g/mol. The van der Waals surface area contributed by atoms with Crippen LogP contribution in [0, 0.1) is 0 Å². The van der Waals surface area contributed by atoms with Gasteiger partial charge in [0.05, 0.1) is 19.6 Å². The van der Waals surface area contributed by atoms with Crippen LogP contribution in [0.1, 0.15) is 35.7 Å². The molecule has 1 atom stereocenters. The Morgan fingerprint density at radius 3 is 2.60 bits per heavy atom. The highest BCUT2D eigenvalue weighted by molar-refractivity contribution is 7.10. The maximum atomic E-state index is 12.4. The van der Waals surface area contributed by atoms with Crippen molar-refractivity contribution in [2.45, 2.75) is 31.7 Å². The molecule has 0 aliphatic carbocycles. The number of amides is 1. The van der Waals surface area contributed by atoms with Gasteiger partial charge in [-0.2, -0.15) is 0 Å². The lowest BCUT2D eigenvalue weighted by atomic mass is 10.1. The lowest BCUT2D eigenvalue weighted by Crippen LogP contribution is -2.40. The van der Waals surface area contributed by atoms with Crippen molar-refractivity contribution in [2.75, 3.05) is 26.7 Å². The highest BCUT2D eigenvalue weighted by Gasteiger charge is 2.23. The van der Waals surface area contributed by atoms with E-state index < -0.39 is 0 Å². The minimum atomic E-state index is 0.0729. The molecule has 0 unspecified atom stereocenters. The normalized spacial score (nSPS) is 16.4. The van der Waals surface area contributed by atoms with Crippen LogP contribution in [-0.4, -0.2) is 37.6 Å². The van der Waals surface area contributed by atoms with Crippen molar-refractivity contribution in [3.05, 3.63) is 52.2 Å². The second kappa shape index (κ2) is 9.02. The molecule has 0 radical (unpaired) electrons. The molecule has 1 N–H and O–H groups in total. The van der Waals surface area contributed by atoms with Gasteiger partial charge in [0.25, 0.3) is 0 Å². The standard InChI is InChI=1S/C20H26N2O2S/c1-24-17-9-7-16(8-10-17)14-20(23)21-15-18(19-6-5-13-25-19)22-11-3-2-4-12-22/h5-10,13,18H,2-4,11-12,14-15H2,1H3,(H,21,23)/t18-/m1/s1. The number of carbonyl (C=O) groups is 1. The largest absolute Gasteiger partial charge is 0.497 e. The third kappa shape index (κ3) is 5.06. The topological polar surface area (TPSA) is 41.6 Å². The van der Waals surface area contributed by atoms with E-state index in [-0.39, 0.29) is 5.91 Å². The molecule has 3 rings (SSSR count). The molecule has 0 saturated carbocycles. The Labute approximate surface area is 153 Å². The van der Waals surface area contributed by atoms with Gasteiger partial charge < -0.3 is 10.1 Å². The molecule has 25 heavy (non-hydrogen) atoms. The number of rotatable bonds is 7. The number of thiophene rings is 1. The van der Waals surface area contributed by atoms with Crippen molar-refractivity contribution in [1.29, 1.82) is 0 Å². The van der Waals surface area contributed by atoms with Gasteiger partial charge in [-0.1, -0.05) is 24.6 Å². The summed E-state index contributed by atoms with van der Waals surface area (Å²) < 4.78 is 5.16. The summed E-state index contributed by atoms with van der Waals surface area (Å²) in [5, 5.41) is 5.26. The Bertz CT molecular complexity index is 649. The second-order valence-corrected chi connectivity index (χ2v) is 7.44. The summed E-state index contributed by atoms with van der Waals surface area (Å²) in [7, 11) is 1.65. The molecule has 1 aliphatic rings. The minimum absolute atomic E-state index is 0.0729. The monoisotopic (exact) mass is 358 g/mol. The van der Waals surface area contributed by atoms with Crippen LogP contribution >= 0.6 is 11.3 Å². The summed E-state index contributed by atoms with van der Waals surface area (Å²) in [6.45, 7) is 2.92. The third-order valence-corrected chi connectivity index (χ3v) is 5.69. The molecule has 4 nitrogen and oxygen atoms in total. The first-order valence-electron chi connectivity index (χ1n) is 8.93. The van der Waals surface area contributed by atoms with E-state index in [9.17, 15) is 4.79 Å². The Balaban J connectivity index is 1.57. The Hall–Kier alpha value is -1.85. The molecular formula is C20H26N2O2S. The molecule has 1 fully saturated rings. The minimum Gasteiger partial charge on any atom is -0.497 e. The predicted octanol–water partition coefficient (Wildman–Crippen LogP) is 3.64. The first-order chi connectivity index (χ1) is 12.3. The van der Waals surface area contributed by atoms with Crippen LogP contribution in [0.3, 0.4) is 0 Å². The fourth-order valence-corrected chi connectivity index (χ4v) is 4.18. The zero-order chi connectivity index (χ0) is 17.5. The van der Waals surface area contributed by atoms with Crippen LogP contribution in [-0.2, 0) is 11.2 Å². The Morgan fingerprint density at radius 2 is 1.96 bits per heavy atom. The number of carbonyl (C=O) groups excluding carboxylic acids is 1. The molecule has 2 heterocycles. The number of methoxy groups -OCH3 is 1. The van der Waals surface area contributed by atoms with Crippen molar-refractivity contribution in [3.8, 4) is 5.75 Å². The van der Waals surface area contributed by atoms with E-state index in [4.69, 9.17) is 4.74 Å². The summed E-state index contributed by atoms with van der Waals surface area (Å²) in [6, 6.07) is 12.2. The maximum Gasteiger partial charge on any atom is 0.224 e. The second-order valence-electron chi connectivity index (χ2n) is 6.46. The molecule has 1 aromatic carbocycles. The lowest BCUT2D eigenvalue weighted by Gasteiger charge is -2.34. The van der Waals surface area contributed by atoms with E-state index in [0.29, 0.717) is 19.0 Å². The van der Waals surface area contributed by atoms with Crippen LogP contribution in [0.15, 0.2) is 41.8 Å². The molecule has 0 spiro atoms. The molecule has 1 aromatic heterocycles. The van der Waals surface area contributed by atoms with E-state index in [1.165, 1.54) is 24.1 Å². The van der Waals surface area contributed by atoms with Gasteiger partial charge in [-0.05, 0) is 55.1 Å². The predicted molar refractivity (Wildman–Crippen MR) is 102 cm³/mol. The molecule has 1 amide bonds. The molecule has 1 saturated heterocycles. The highest BCUT2D eigenvalue weighted by Crippen LogP contribution is 2.27. The van der Waals surface area contributed by atoms with Crippen LogP contribution in [0.25, 0.3) is 0 Å². The van der Waals surface area contributed by atoms with Crippen molar-refractivity contribution in [1.82, 2.24) is 10.2 Å². The fraction of sp³-hybridized carbons (Fsp3) is 0.450. The molecular weight excluding hydrogens is 332 g/mol. The van der Waals surface area contributed by atoms with Crippen LogP contribution in [0.4, 0.5) is 0 Å². The van der Waals surface area contributed by atoms with Gasteiger partial charge in [-0.25, -0.2) is 0 Å². The molecule has 5 heteroatoms. The number of piperidine rings is 1. The zero-order valence-electron chi connectivity index (χ0n) is 14.7. The van der Waals surface area contributed by atoms with E-state index >= 15 is 0 Å². The van der Waals surface area contributed by atoms with E-state index in [0.717, 1.165) is 24.4 Å². The third-order valence-electron chi connectivity index (χ3n) is 4.72. The van der Waals surface area contributed by atoms with Gasteiger partial charge in [0.1, 0.15) is 5.75 Å².